The summed E-state index contributed by atoms with van der Waals surface area (Å²) in [5, 5.41) is 4.78. The smallest absolute Gasteiger partial charge is 0.110 e. The van der Waals surface area contributed by atoms with E-state index in [1.807, 2.05) is 24.0 Å². The first-order valence-electron chi connectivity index (χ1n) is 6.83. The van der Waals surface area contributed by atoms with Crippen LogP contribution in [0.1, 0.15) is 38.5 Å². The van der Waals surface area contributed by atoms with Gasteiger partial charge in [0.2, 0.25) is 0 Å². The van der Waals surface area contributed by atoms with Crippen molar-refractivity contribution in [1.82, 2.24) is 10.3 Å². The van der Waals surface area contributed by atoms with Gasteiger partial charge < -0.3 is 5.32 Å². The summed E-state index contributed by atoms with van der Waals surface area (Å²) in [5.41, 5.74) is 0. The van der Waals surface area contributed by atoms with Crippen LogP contribution in [0.3, 0.4) is 0 Å². The first kappa shape index (κ1) is 14.4. The van der Waals surface area contributed by atoms with Gasteiger partial charge in [-0.25, -0.2) is 4.98 Å². The number of nitrogens with one attached hydrogen (secondary N) is 1. The van der Waals surface area contributed by atoms with Crippen LogP contribution in [-0.2, 0) is 0 Å². The Kier molecular flexibility index (Phi) is 6.52. The zero-order valence-corrected chi connectivity index (χ0v) is 13.1. The molecule has 1 N–H and O–H groups in total. The molecule has 0 aliphatic heterocycles. The van der Waals surface area contributed by atoms with Gasteiger partial charge in [0, 0.05) is 22.5 Å². The Morgan fingerprint density at radius 1 is 1.33 bits per heavy atom. The van der Waals surface area contributed by atoms with Crippen LogP contribution in [0.5, 0.6) is 0 Å². The maximum Gasteiger partial charge on any atom is 0.110 e. The van der Waals surface area contributed by atoms with Crippen LogP contribution in [0.4, 0.5) is 0 Å². The van der Waals surface area contributed by atoms with Crippen molar-refractivity contribution >= 4 is 27.7 Å². The number of thioether (sulfide) groups is 1. The summed E-state index contributed by atoms with van der Waals surface area (Å²) in [6.45, 7) is 1.14. The van der Waals surface area contributed by atoms with Crippen LogP contribution in [0.25, 0.3) is 0 Å². The van der Waals surface area contributed by atoms with Crippen molar-refractivity contribution in [2.24, 2.45) is 0 Å². The van der Waals surface area contributed by atoms with Gasteiger partial charge in [0.25, 0.3) is 0 Å². The molecule has 0 amide bonds. The molecule has 0 unspecified atom stereocenters. The molecule has 100 valence electrons. The lowest BCUT2D eigenvalue weighted by Gasteiger charge is -2.22. The van der Waals surface area contributed by atoms with E-state index in [1.54, 1.807) is 0 Å². The van der Waals surface area contributed by atoms with E-state index < -0.39 is 0 Å². The molecule has 1 aromatic rings. The first-order chi connectivity index (χ1) is 8.86. The summed E-state index contributed by atoms with van der Waals surface area (Å²) in [4.78, 5) is 4.36. The van der Waals surface area contributed by atoms with Gasteiger partial charge >= 0.3 is 0 Å². The zero-order chi connectivity index (χ0) is 12.6. The molecule has 1 aliphatic rings. The standard InChI is InChI=1S/C14H21BrN2S/c15-13-8-4-9-17-14(13)18-11-5-10-16-12-6-2-1-3-7-12/h4,8-9,12,16H,1-3,5-7,10-11H2. The third-order valence-electron chi connectivity index (χ3n) is 3.32. The Morgan fingerprint density at radius 3 is 2.94 bits per heavy atom. The molecule has 2 rings (SSSR count). The summed E-state index contributed by atoms with van der Waals surface area (Å²) in [6, 6.07) is 4.79. The van der Waals surface area contributed by atoms with Crippen LogP contribution >= 0.6 is 27.7 Å². The fraction of sp³-hybridized carbons (Fsp3) is 0.643. The van der Waals surface area contributed by atoms with Crippen molar-refractivity contribution in [1.29, 1.82) is 0 Å². The molecule has 2 nitrogen and oxygen atoms in total. The molecule has 1 fully saturated rings. The predicted octanol–water partition coefficient (Wildman–Crippen LogP) is 4.25. The summed E-state index contributed by atoms with van der Waals surface area (Å²) < 4.78 is 1.11. The molecular weight excluding hydrogens is 308 g/mol. The fourth-order valence-corrected chi connectivity index (χ4v) is 3.75. The van der Waals surface area contributed by atoms with E-state index in [9.17, 15) is 0 Å². The lowest BCUT2D eigenvalue weighted by atomic mass is 9.95. The van der Waals surface area contributed by atoms with Gasteiger partial charge in [0.05, 0.1) is 0 Å². The molecule has 0 saturated heterocycles. The van der Waals surface area contributed by atoms with Crippen molar-refractivity contribution < 1.29 is 0 Å². The minimum absolute atomic E-state index is 0.783. The molecular formula is C14H21BrN2S. The largest absolute Gasteiger partial charge is 0.314 e. The molecule has 0 atom stereocenters. The number of aromatic nitrogens is 1. The normalized spacial score (nSPS) is 16.9. The molecule has 0 spiro atoms. The summed E-state index contributed by atoms with van der Waals surface area (Å²) >= 11 is 5.36. The zero-order valence-electron chi connectivity index (χ0n) is 10.7. The van der Waals surface area contributed by atoms with Crippen LogP contribution in [0.15, 0.2) is 27.8 Å². The fourth-order valence-electron chi connectivity index (χ4n) is 2.33. The molecule has 18 heavy (non-hydrogen) atoms. The predicted molar refractivity (Wildman–Crippen MR) is 82.2 cm³/mol. The second-order valence-electron chi connectivity index (χ2n) is 4.78. The second-order valence-corrected chi connectivity index (χ2v) is 6.72. The Balaban J connectivity index is 1.57. The van der Waals surface area contributed by atoms with Gasteiger partial charge in [0.15, 0.2) is 0 Å². The third kappa shape index (κ3) is 4.90. The first-order valence-corrected chi connectivity index (χ1v) is 8.61. The van der Waals surface area contributed by atoms with E-state index in [0.717, 1.165) is 27.8 Å². The average molecular weight is 329 g/mol. The Hall–Kier alpha value is -0.0600. The number of hydrogen-bond acceptors (Lipinski definition) is 3. The third-order valence-corrected chi connectivity index (χ3v) is 5.32. The topological polar surface area (TPSA) is 24.9 Å². The molecule has 1 heterocycles. The Morgan fingerprint density at radius 2 is 2.17 bits per heavy atom. The Labute approximate surface area is 122 Å². The molecule has 0 radical (unpaired) electrons. The van der Waals surface area contributed by atoms with Crippen LogP contribution < -0.4 is 5.32 Å². The molecule has 1 aliphatic carbocycles. The van der Waals surface area contributed by atoms with E-state index in [1.165, 1.54) is 38.5 Å². The summed E-state index contributed by atoms with van der Waals surface area (Å²) in [5.74, 6) is 1.13. The highest BCUT2D eigenvalue weighted by Gasteiger charge is 2.11. The molecule has 0 bridgehead atoms. The Bertz CT molecular complexity index is 353. The minimum atomic E-state index is 0.783. The average Bonchev–Trinajstić information content (AvgIpc) is 2.42. The maximum absolute atomic E-state index is 4.36. The lowest BCUT2D eigenvalue weighted by Crippen LogP contribution is -2.31. The van der Waals surface area contributed by atoms with Crippen molar-refractivity contribution in [3.05, 3.63) is 22.8 Å². The minimum Gasteiger partial charge on any atom is -0.314 e. The number of hydrogen-bond donors (Lipinski definition) is 1. The van der Waals surface area contributed by atoms with Gasteiger partial charge in [-0.1, -0.05) is 19.3 Å². The second kappa shape index (κ2) is 8.18. The van der Waals surface area contributed by atoms with Gasteiger partial charge in [-0.3, -0.25) is 0 Å². The van der Waals surface area contributed by atoms with Gasteiger partial charge in [0.1, 0.15) is 5.03 Å². The van der Waals surface area contributed by atoms with Crippen molar-refractivity contribution in [2.45, 2.75) is 49.6 Å². The van der Waals surface area contributed by atoms with Crippen molar-refractivity contribution in [3.63, 3.8) is 0 Å². The van der Waals surface area contributed by atoms with E-state index in [-0.39, 0.29) is 0 Å². The highest BCUT2D eigenvalue weighted by Crippen LogP contribution is 2.24. The van der Waals surface area contributed by atoms with Gasteiger partial charge in [-0.2, -0.15) is 0 Å². The number of pyridine rings is 1. The van der Waals surface area contributed by atoms with Crippen LogP contribution in [-0.4, -0.2) is 23.3 Å². The van der Waals surface area contributed by atoms with Gasteiger partial charge in [-0.05, 0) is 53.9 Å². The maximum atomic E-state index is 4.36. The SMILES string of the molecule is Brc1cccnc1SCCCNC1CCCCC1. The van der Waals surface area contributed by atoms with Crippen LogP contribution in [0.2, 0.25) is 0 Å². The monoisotopic (exact) mass is 328 g/mol. The number of rotatable bonds is 6. The van der Waals surface area contributed by atoms with E-state index >= 15 is 0 Å². The lowest BCUT2D eigenvalue weighted by molar-refractivity contribution is 0.375. The molecule has 0 aromatic carbocycles. The summed E-state index contributed by atoms with van der Waals surface area (Å²) in [7, 11) is 0. The quantitative estimate of drug-likeness (QED) is 0.624. The van der Waals surface area contributed by atoms with Crippen molar-refractivity contribution in [3.8, 4) is 0 Å². The number of nitrogens with zero attached hydrogens (tertiary/aromatic N) is 1. The van der Waals surface area contributed by atoms with E-state index in [2.05, 4.69) is 32.3 Å². The van der Waals surface area contributed by atoms with Gasteiger partial charge in [-0.15, -0.1) is 11.8 Å². The van der Waals surface area contributed by atoms with Crippen LogP contribution in [0, 0.1) is 0 Å². The number of halogens is 1. The molecule has 4 heteroatoms. The van der Waals surface area contributed by atoms with Crippen molar-refractivity contribution in [2.75, 3.05) is 12.3 Å². The molecule has 1 aromatic heterocycles. The highest BCUT2D eigenvalue weighted by atomic mass is 79.9. The summed E-state index contributed by atoms with van der Waals surface area (Å²) in [6.07, 6.45) is 10.1. The van der Waals surface area contributed by atoms with E-state index in [0.29, 0.717) is 0 Å². The van der Waals surface area contributed by atoms with E-state index in [4.69, 9.17) is 0 Å². The molecule has 1 saturated carbocycles. The highest BCUT2D eigenvalue weighted by molar-refractivity contribution is 9.10.